The van der Waals surface area contributed by atoms with Gasteiger partial charge in [-0.15, -0.1) is 0 Å². The molecule has 16 heavy (non-hydrogen) atoms. The van der Waals surface area contributed by atoms with Crippen LogP contribution in [-0.2, 0) is 0 Å². The fraction of sp³-hybridized carbons (Fsp3) is 0.133. The predicted octanol–water partition coefficient (Wildman–Crippen LogP) is 4.48. The Hall–Kier alpha value is -1.89. The normalized spacial score (nSPS) is 11.1. The van der Waals surface area contributed by atoms with Crippen LogP contribution in [0.25, 0.3) is 21.9 Å². The molecule has 0 aliphatic rings. The molecule has 0 atom stereocenters. The number of aryl methyl sites for hydroxylation is 2. The third-order valence-electron chi connectivity index (χ3n) is 2.86. The van der Waals surface area contributed by atoms with Crippen molar-refractivity contribution in [1.29, 1.82) is 0 Å². The fourth-order valence-electron chi connectivity index (χ4n) is 2.03. The molecule has 0 N–H and O–H groups in total. The maximum Gasteiger partial charge on any atom is 0.360 e. The standard InChI is InChI=1S/C15H13O/c1-10-3-5-14-12(7-10)9-13-8-11(2)4-6-15(13)16-14/h3-9H,1-2H3/q+1. The van der Waals surface area contributed by atoms with Crippen LogP contribution in [0.4, 0.5) is 0 Å². The van der Waals surface area contributed by atoms with Crippen molar-refractivity contribution in [3.63, 3.8) is 0 Å². The van der Waals surface area contributed by atoms with Crippen LogP contribution in [0.15, 0.2) is 46.9 Å². The van der Waals surface area contributed by atoms with E-state index in [1.165, 1.54) is 11.1 Å². The van der Waals surface area contributed by atoms with Crippen LogP contribution in [0, 0.1) is 13.8 Å². The molecule has 1 heteroatoms. The van der Waals surface area contributed by atoms with Crippen molar-refractivity contribution < 1.29 is 4.42 Å². The molecule has 2 aromatic carbocycles. The summed E-state index contributed by atoms with van der Waals surface area (Å²) in [5.74, 6) is 0. The van der Waals surface area contributed by atoms with Gasteiger partial charge in [0.2, 0.25) is 0 Å². The van der Waals surface area contributed by atoms with Gasteiger partial charge in [-0.2, -0.15) is 0 Å². The summed E-state index contributed by atoms with van der Waals surface area (Å²) in [5.41, 5.74) is 4.41. The van der Waals surface area contributed by atoms with E-state index in [0.717, 1.165) is 21.9 Å². The SMILES string of the molecule is Cc1ccc2[o+]c3ccc(C)cc3cc2c1. The van der Waals surface area contributed by atoms with Gasteiger partial charge >= 0.3 is 11.2 Å². The van der Waals surface area contributed by atoms with E-state index in [9.17, 15) is 0 Å². The van der Waals surface area contributed by atoms with Gasteiger partial charge in [-0.25, -0.2) is 4.42 Å². The molecule has 1 nitrogen and oxygen atoms in total. The Labute approximate surface area is 94.3 Å². The van der Waals surface area contributed by atoms with Crippen LogP contribution in [-0.4, -0.2) is 0 Å². The van der Waals surface area contributed by atoms with E-state index >= 15 is 0 Å². The van der Waals surface area contributed by atoms with Crippen LogP contribution in [0.2, 0.25) is 0 Å². The Balaban J connectivity index is 2.44. The van der Waals surface area contributed by atoms with Gasteiger partial charge in [-0.3, -0.25) is 0 Å². The zero-order chi connectivity index (χ0) is 11.1. The Bertz CT molecular complexity index is 626. The molecule has 0 bridgehead atoms. The minimum atomic E-state index is 0.946. The van der Waals surface area contributed by atoms with Crippen LogP contribution < -0.4 is 0 Å². The van der Waals surface area contributed by atoms with Crippen molar-refractivity contribution in [2.24, 2.45) is 0 Å². The molecule has 0 radical (unpaired) electrons. The number of fused-ring (bicyclic) bond motifs is 2. The number of benzene rings is 2. The van der Waals surface area contributed by atoms with Crippen molar-refractivity contribution in [1.82, 2.24) is 0 Å². The molecule has 0 fully saturated rings. The summed E-state index contributed by atoms with van der Waals surface area (Å²) in [6.07, 6.45) is 0. The summed E-state index contributed by atoms with van der Waals surface area (Å²) in [4.78, 5) is 0. The minimum Gasteiger partial charge on any atom is -0.207 e. The summed E-state index contributed by atoms with van der Waals surface area (Å²) in [5, 5.41) is 2.33. The Morgan fingerprint density at radius 2 is 1.19 bits per heavy atom. The zero-order valence-corrected chi connectivity index (χ0v) is 9.45. The lowest BCUT2D eigenvalue weighted by molar-refractivity contribution is 0.660. The predicted molar refractivity (Wildman–Crippen MR) is 67.6 cm³/mol. The Kier molecular flexibility index (Phi) is 1.93. The average molecular weight is 209 g/mol. The van der Waals surface area contributed by atoms with Crippen molar-refractivity contribution in [2.75, 3.05) is 0 Å². The summed E-state index contributed by atoms with van der Waals surface area (Å²) in [7, 11) is 0. The van der Waals surface area contributed by atoms with E-state index in [4.69, 9.17) is 4.42 Å². The molecule has 1 aromatic heterocycles. The average Bonchev–Trinajstić information content (AvgIpc) is 2.26. The first-order chi connectivity index (χ1) is 7.72. The maximum atomic E-state index is 5.86. The van der Waals surface area contributed by atoms with Gasteiger partial charge in [0.15, 0.2) is 0 Å². The second-order valence-corrected chi connectivity index (χ2v) is 4.33. The smallest absolute Gasteiger partial charge is 0.207 e. The molecular formula is C15H13O+. The molecule has 0 spiro atoms. The fourth-order valence-corrected chi connectivity index (χ4v) is 2.03. The van der Waals surface area contributed by atoms with Crippen LogP contribution in [0.1, 0.15) is 11.1 Å². The van der Waals surface area contributed by atoms with Crippen LogP contribution >= 0.6 is 0 Å². The summed E-state index contributed by atoms with van der Waals surface area (Å²) < 4.78 is 5.86. The molecular weight excluding hydrogens is 196 g/mol. The summed E-state index contributed by atoms with van der Waals surface area (Å²) >= 11 is 0. The van der Waals surface area contributed by atoms with Gasteiger partial charge in [0.05, 0.1) is 10.8 Å². The van der Waals surface area contributed by atoms with Gasteiger partial charge in [0.25, 0.3) is 0 Å². The van der Waals surface area contributed by atoms with Gasteiger partial charge in [0.1, 0.15) is 0 Å². The van der Waals surface area contributed by atoms with Gasteiger partial charge in [-0.05, 0) is 55.3 Å². The molecule has 0 saturated carbocycles. The third kappa shape index (κ3) is 1.45. The number of hydrogen-bond donors (Lipinski definition) is 0. The molecule has 1 heterocycles. The van der Waals surface area contributed by atoms with Gasteiger partial charge in [-0.1, -0.05) is 0 Å². The monoisotopic (exact) mass is 209 g/mol. The molecule has 0 amide bonds. The number of rotatable bonds is 0. The molecule has 0 unspecified atom stereocenters. The highest BCUT2D eigenvalue weighted by atomic mass is 16.3. The Morgan fingerprint density at radius 3 is 1.69 bits per heavy atom. The highest BCUT2D eigenvalue weighted by Gasteiger charge is 2.11. The summed E-state index contributed by atoms with van der Waals surface area (Å²) in [6, 6.07) is 14.7. The molecule has 0 aliphatic heterocycles. The second kappa shape index (κ2) is 3.31. The maximum absolute atomic E-state index is 5.86. The van der Waals surface area contributed by atoms with Gasteiger partial charge in [0, 0.05) is 12.1 Å². The van der Waals surface area contributed by atoms with Crippen LogP contribution in [0.5, 0.6) is 0 Å². The zero-order valence-electron chi connectivity index (χ0n) is 9.45. The summed E-state index contributed by atoms with van der Waals surface area (Å²) in [6.45, 7) is 4.19. The lowest BCUT2D eigenvalue weighted by atomic mass is 10.1. The first-order valence-corrected chi connectivity index (χ1v) is 5.46. The van der Waals surface area contributed by atoms with E-state index in [0.29, 0.717) is 0 Å². The topological polar surface area (TPSA) is 11.3 Å². The minimum absolute atomic E-state index is 0.946. The lowest BCUT2D eigenvalue weighted by Gasteiger charge is -1.95. The Morgan fingerprint density at radius 1 is 0.688 bits per heavy atom. The first kappa shape index (κ1) is 9.34. The van der Waals surface area contributed by atoms with Crippen molar-refractivity contribution in [3.05, 3.63) is 53.6 Å². The van der Waals surface area contributed by atoms with Crippen molar-refractivity contribution in [2.45, 2.75) is 13.8 Å². The van der Waals surface area contributed by atoms with E-state index in [1.807, 2.05) is 12.1 Å². The third-order valence-corrected chi connectivity index (χ3v) is 2.86. The lowest BCUT2D eigenvalue weighted by Crippen LogP contribution is -1.79. The quantitative estimate of drug-likeness (QED) is 0.392. The van der Waals surface area contributed by atoms with E-state index in [2.05, 4.69) is 44.2 Å². The molecule has 3 aromatic rings. The van der Waals surface area contributed by atoms with E-state index in [1.54, 1.807) is 0 Å². The molecule has 3 rings (SSSR count). The largest absolute Gasteiger partial charge is 0.360 e. The highest BCUT2D eigenvalue weighted by molar-refractivity contribution is 5.90. The molecule has 78 valence electrons. The number of hydrogen-bond acceptors (Lipinski definition) is 0. The van der Waals surface area contributed by atoms with Gasteiger partial charge < -0.3 is 0 Å². The highest BCUT2D eigenvalue weighted by Crippen LogP contribution is 2.24. The van der Waals surface area contributed by atoms with Crippen molar-refractivity contribution in [3.8, 4) is 0 Å². The van der Waals surface area contributed by atoms with E-state index < -0.39 is 0 Å². The van der Waals surface area contributed by atoms with Crippen molar-refractivity contribution >= 4 is 21.9 Å². The molecule has 0 aliphatic carbocycles. The van der Waals surface area contributed by atoms with E-state index in [-0.39, 0.29) is 0 Å². The second-order valence-electron chi connectivity index (χ2n) is 4.33. The molecule has 0 saturated heterocycles. The first-order valence-electron chi connectivity index (χ1n) is 5.46. The van der Waals surface area contributed by atoms with Crippen LogP contribution in [0.3, 0.4) is 0 Å².